The van der Waals surface area contributed by atoms with E-state index in [1.165, 1.54) is 6.07 Å². The minimum absolute atomic E-state index is 0.0460. The van der Waals surface area contributed by atoms with Gasteiger partial charge in [-0.25, -0.2) is 4.98 Å². The van der Waals surface area contributed by atoms with E-state index < -0.39 is 10.5 Å². The Kier molecular flexibility index (Phi) is 3.84. The first-order valence-electron chi connectivity index (χ1n) is 6.32. The van der Waals surface area contributed by atoms with E-state index in [0.29, 0.717) is 5.82 Å². The summed E-state index contributed by atoms with van der Waals surface area (Å²) in [5.41, 5.74) is -0.553. The number of aliphatic hydroxyl groups excluding tert-OH is 1. The van der Waals surface area contributed by atoms with Crippen molar-refractivity contribution in [2.45, 2.75) is 31.2 Å². The van der Waals surface area contributed by atoms with Crippen LogP contribution in [0.3, 0.4) is 0 Å². The maximum absolute atomic E-state index is 11.0. The van der Waals surface area contributed by atoms with Gasteiger partial charge in [0.1, 0.15) is 5.82 Å². The fraction of sp³-hybridized carbons (Fsp3) is 0.583. The predicted octanol–water partition coefficient (Wildman–Crippen LogP) is 1.75. The van der Waals surface area contributed by atoms with E-state index >= 15 is 0 Å². The molecule has 0 bridgehead atoms. The fourth-order valence-electron chi connectivity index (χ4n) is 2.46. The summed E-state index contributed by atoms with van der Waals surface area (Å²) >= 11 is 0. The first kappa shape index (κ1) is 13.5. The molecule has 19 heavy (non-hydrogen) atoms. The minimum atomic E-state index is -0.482. The van der Waals surface area contributed by atoms with E-state index in [0.717, 1.165) is 25.7 Å². The highest BCUT2D eigenvalue weighted by Gasteiger charge is 2.35. The Hall–Kier alpha value is -1.89. The molecule has 1 aliphatic carbocycles. The molecule has 0 unspecified atom stereocenters. The van der Waals surface area contributed by atoms with Crippen LogP contribution in [0.15, 0.2) is 12.1 Å². The van der Waals surface area contributed by atoms with Crippen LogP contribution >= 0.6 is 0 Å². The highest BCUT2D eigenvalue weighted by atomic mass is 16.6. The zero-order valence-electron chi connectivity index (χ0n) is 10.8. The Labute approximate surface area is 111 Å². The van der Waals surface area contributed by atoms with Gasteiger partial charge in [0.25, 0.3) is 0 Å². The van der Waals surface area contributed by atoms with Crippen LogP contribution in [0.2, 0.25) is 0 Å². The summed E-state index contributed by atoms with van der Waals surface area (Å²) in [5, 5.41) is 26.5. The quantitative estimate of drug-likeness (QED) is 0.554. The minimum Gasteiger partial charge on any atom is -0.394 e. The van der Waals surface area contributed by atoms with Gasteiger partial charge in [0.15, 0.2) is 0 Å². The van der Waals surface area contributed by atoms with Crippen LogP contribution in [0.5, 0.6) is 0 Å². The molecule has 1 heterocycles. The Morgan fingerprint density at radius 3 is 2.68 bits per heavy atom. The zero-order chi connectivity index (χ0) is 13.9. The fourth-order valence-corrected chi connectivity index (χ4v) is 2.46. The van der Waals surface area contributed by atoms with Crippen molar-refractivity contribution in [3.8, 4) is 0 Å². The molecule has 3 N–H and O–H groups in total. The highest BCUT2D eigenvalue weighted by molar-refractivity contribution is 5.61. The van der Waals surface area contributed by atoms with E-state index in [1.807, 2.05) is 0 Å². The lowest BCUT2D eigenvalue weighted by molar-refractivity contribution is -0.384. The smallest absolute Gasteiger partial charge is 0.311 e. The van der Waals surface area contributed by atoms with Gasteiger partial charge in [0.2, 0.25) is 5.82 Å². The van der Waals surface area contributed by atoms with Crippen molar-refractivity contribution in [3.63, 3.8) is 0 Å². The molecule has 0 radical (unpaired) electrons. The van der Waals surface area contributed by atoms with Crippen molar-refractivity contribution in [2.24, 2.45) is 0 Å². The lowest BCUT2D eigenvalue weighted by Gasteiger charge is -2.28. The third-order valence-electron chi connectivity index (χ3n) is 3.57. The van der Waals surface area contributed by atoms with Gasteiger partial charge in [-0.3, -0.25) is 10.1 Å². The summed E-state index contributed by atoms with van der Waals surface area (Å²) in [6.07, 6.45) is 3.61. The number of aliphatic hydroxyl groups is 1. The molecule has 1 fully saturated rings. The van der Waals surface area contributed by atoms with Gasteiger partial charge >= 0.3 is 5.69 Å². The maximum Gasteiger partial charge on any atom is 0.311 e. The highest BCUT2D eigenvalue weighted by Crippen LogP contribution is 2.35. The van der Waals surface area contributed by atoms with Crippen molar-refractivity contribution in [3.05, 3.63) is 22.2 Å². The normalized spacial score (nSPS) is 17.2. The van der Waals surface area contributed by atoms with Gasteiger partial charge in [-0.1, -0.05) is 12.8 Å². The molecule has 0 aromatic carbocycles. The molecule has 7 nitrogen and oxygen atoms in total. The second-order valence-electron chi connectivity index (χ2n) is 4.84. The Morgan fingerprint density at radius 1 is 1.47 bits per heavy atom. The first-order valence-corrected chi connectivity index (χ1v) is 6.32. The van der Waals surface area contributed by atoms with Crippen molar-refractivity contribution in [1.29, 1.82) is 0 Å². The number of nitrogens with zero attached hydrogens (tertiary/aromatic N) is 2. The van der Waals surface area contributed by atoms with E-state index in [1.54, 1.807) is 13.1 Å². The van der Waals surface area contributed by atoms with Gasteiger partial charge in [0.05, 0.1) is 17.1 Å². The zero-order valence-corrected chi connectivity index (χ0v) is 10.8. The van der Waals surface area contributed by atoms with Crippen LogP contribution in [0.4, 0.5) is 17.3 Å². The van der Waals surface area contributed by atoms with Crippen molar-refractivity contribution < 1.29 is 10.0 Å². The maximum atomic E-state index is 11.0. The van der Waals surface area contributed by atoms with Gasteiger partial charge in [-0.05, 0) is 18.9 Å². The number of hydrogen-bond acceptors (Lipinski definition) is 6. The molecular weight excluding hydrogens is 248 g/mol. The SMILES string of the molecule is CNc1ccc([N+](=O)[O-])c(NC2(CO)CCCC2)n1. The van der Waals surface area contributed by atoms with E-state index in [9.17, 15) is 15.2 Å². The van der Waals surface area contributed by atoms with Crippen LogP contribution in [-0.4, -0.2) is 34.2 Å². The molecule has 1 aliphatic rings. The number of nitrogens with one attached hydrogen (secondary N) is 2. The average Bonchev–Trinajstić information content (AvgIpc) is 2.87. The molecule has 1 saturated carbocycles. The summed E-state index contributed by atoms with van der Waals surface area (Å²) in [7, 11) is 1.70. The summed E-state index contributed by atoms with van der Waals surface area (Å²) < 4.78 is 0. The van der Waals surface area contributed by atoms with Crippen LogP contribution in [0.25, 0.3) is 0 Å². The van der Waals surface area contributed by atoms with Crippen molar-refractivity contribution >= 4 is 17.3 Å². The number of pyridine rings is 1. The second kappa shape index (κ2) is 5.40. The van der Waals surface area contributed by atoms with Crippen LogP contribution in [0, 0.1) is 10.1 Å². The lowest BCUT2D eigenvalue weighted by atomic mass is 9.99. The molecule has 0 spiro atoms. The van der Waals surface area contributed by atoms with E-state index in [-0.39, 0.29) is 18.1 Å². The molecule has 104 valence electrons. The van der Waals surface area contributed by atoms with Crippen LogP contribution < -0.4 is 10.6 Å². The third-order valence-corrected chi connectivity index (χ3v) is 3.57. The molecule has 2 rings (SSSR count). The monoisotopic (exact) mass is 266 g/mol. The summed E-state index contributed by atoms with van der Waals surface area (Å²) in [4.78, 5) is 14.8. The van der Waals surface area contributed by atoms with Crippen molar-refractivity contribution in [2.75, 3.05) is 24.3 Å². The van der Waals surface area contributed by atoms with E-state index in [2.05, 4.69) is 15.6 Å². The average molecular weight is 266 g/mol. The Morgan fingerprint density at radius 2 is 2.16 bits per heavy atom. The number of anilines is 2. The predicted molar refractivity (Wildman–Crippen MR) is 72.3 cm³/mol. The first-order chi connectivity index (χ1) is 9.10. The van der Waals surface area contributed by atoms with Crippen LogP contribution in [-0.2, 0) is 0 Å². The number of hydrogen-bond donors (Lipinski definition) is 3. The summed E-state index contributed by atoms with van der Waals surface area (Å²) in [5.74, 6) is 0.770. The largest absolute Gasteiger partial charge is 0.394 e. The molecule has 1 aromatic rings. The number of aromatic nitrogens is 1. The Balaban J connectivity index is 2.33. The second-order valence-corrected chi connectivity index (χ2v) is 4.84. The van der Waals surface area contributed by atoms with Gasteiger partial charge in [0, 0.05) is 13.1 Å². The van der Waals surface area contributed by atoms with Gasteiger partial charge in [-0.2, -0.15) is 0 Å². The topological polar surface area (TPSA) is 100 Å². The van der Waals surface area contributed by atoms with Gasteiger partial charge < -0.3 is 15.7 Å². The van der Waals surface area contributed by atoms with Crippen LogP contribution in [0.1, 0.15) is 25.7 Å². The van der Waals surface area contributed by atoms with E-state index in [4.69, 9.17) is 0 Å². The summed E-state index contributed by atoms with van der Waals surface area (Å²) in [6, 6.07) is 2.98. The number of rotatable bonds is 5. The van der Waals surface area contributed by atoms with Crippen molar-refractivity contribution in [1.82, 2.24) is 4.98 Å². The third kappa shape index (κ3) is 2.76. The lowest BCUT2D eigenvalue weighted by Crippen LogP contribution is -2.39. The molecule has 0 aliphatic heterocycles. The summed E-state index contributed by atoms with van der Waals surface area (Å²) in [6.45, 7) is -0.0460. The molecule has 1 aromatic heterocycles. The van der Waals surface area contributed by atoms with Gasteiger partial charge in [-0.15, -0.1) is 0 Å². The standard InChI is InChI=1S/C12H18N4O3/c1-13-10-5-4-9(16(18)19)11(14-10)15-12(8-17)6-2-3-7-12/h4-5,17H,2-3,6-8H2,1H3,(H2,13,14,15). The molecule has 0 amide bonds. The Bertz CT molecular complexity index is 472. The molecule has 0 saturated heterocycles. The molecule has 7 heteroatoms. The number of nitro groups is 1. The molecular formula is C12H18N4O3. The molecule has 0 atom stereocenters.